The number of benzene rings is 3. The maximum atomic E-state index is 13.4. The standard InChI is InChI=1S/C27H25FN4O/c1-2-3-17-33-24-15-9-20(10-16-24)19-29-32-27-30-25(21-7-5-4-6-8-21)18-26(31-27)22-11-13-23(28)14-12-22/h4-16,18-19H,2-3,17H2,1H3,(H,30,31,32)/b29-19-. The van der Waals surface area contributed by atoms with E-state index in [1.54, 1.807) is 18.3 Å². The number of hydrazone groups is 1. The fourth-order valence-electron chi connectivity index (χ4n) is 3.17. The first kappa shape index (κ1) is 22.1. The number of anilines is 1. The largest absolute Gasteiger partial charge is 0.494 e. The summed E-state index contributed by atoms with van der Waals surface area (Å²) in [5.74, 6) is 0.906. The second-order valence-electron chi connectivity index (χ2n) is 7.48. The van der Waals surface area contributed by atoms with Crippen molar-refractivity contribution in [3.8, 4) is 28.3 Å². The lowest BCUT2D eigenvalue weighted by Gasteiger charge is -2.08. The summed E-state index contributed by atoms with van der Waals surface area (Å²) in [6, 6.07) is 25.7. The fourth-order valence-corrected chi connectivity index (χ4v) is 3.17. The highest BCUT2D eigenvalue weighted by molar-refractivity contribution is 5.80. The van der Waals surface area contributed by atoms with Crippen molar-refractivity contribution < 1.29 is 9.13 Å². The van der Waals surface area contributed by atoms with E-state index in [9.17, 15) is 4.39 Å². The van der Waals surface area contributed by atoms with Crippen molar-refractivity contribution in [1.82, 2.24) is 9.97 Å². The van der Waals surface area contributed by atoms with E-state index >= 15 is 0 Å². The summed E-state index contributed by atoms with van der Waals surface area (Å²) < 4.78 is 19.1. The molecule has 0 fully saturated rings. The second-order valence-corrected chi connectivity index (χ2v) is 7.48. The third kappa shape index (κ3) is 6.23. The van der Waals surface area contributed by atoms with Crippen molar-refractivity contribution in [3.05, 3.63) is 96.3 Å². The molecule has 0 spiro atoms. The summed E-state index contributed by atoms with van der Waals surface area (Å²) in [5.41, 5.74) is 7.01. The van der Waals surface area contributed by atoms with Crippen LogP contribution in [0.15, 0.2) is 90.0 Å². The maximum absolute atomic E-state index is 13.4. The third-order valence-corrected chi connectivity index (χ3v) is 4.96. The topological polar surface area (TPSA) is 59.4 Å². The van der Waals surface area contributed by atoms with Crippen LogP contribution in [0.2, 0.25) is 0 Å². The Bertz CT molecular complexity index is 1190. The van der Waals surface area contributed by atoms with E-state index in [1.165, 1.54) is 12.1 Å². The first-order chi connectivity index (χ1) is 16.2. The molecule has 0 aliphatic rings. The van der Waals surface area contributed by atoms with Gasteiger partial charge in [0.2, 0.25) is 5.95 Å². The first-order valence-electron chi connectivity index (χ1n) is 10.9. The van der Waals surface area contributed by atoms with Gasteiger partial charge in [-0.25, -0.2) is 19.8 Å². The summed E-state index contributed by atoms with van der Waals surface area (Å²) in [5, 5.41) is 4.30. The van der Waals surface area contributed by atoms with Crippen LogP contribution in [-0.4, -0.2) is 22.8 Å². The molecular formula is C27H25FN4O. The van der Waals surface area contributed by atoms with Crippen LogP contribution in [0.1, 0.15) is 25.3 Å². The Kier molecular flexibility index (Phi) is 7.38. The predicted octanol–water partition coefficient (Wildman–Crippen LogP) is 6.57. The van der Waals surface area contributed by atoms with E-state index in [0.717, 1.165) is 47.6 Å². The van der Waals surface area contributed by atoms with Crippen molar-refractivity contribution in [2.45, 2.75) is 19.8 Å². The van der Waals surface area contributed by atoms with E-state index in [4.69, 9.17) is 4.74 Å². The summed E-state index contributed by atoms with van der Waals surface area (Å²) in [4.78, 5) is 9.17. The van der Waals surface area contributed by atoms with Gasteiger partial charge >= 0.3 is 0 Å². The van der Waals surface area contributed by atoms with Crippen molar-refractivity contribution in [3.63, 3.8) is 0 Å². The summed E-state index contributed by atoms with van der Waals surface area (Å²) in [6.45, 7) is 2.86. The number of halogens is 1. The molecule has 4 aromatic rings. The number of nitrogens with one attached hydrogen (secondary N) is 1. The average Bonchev–Trinajstić information content (AvgIpc) is 2.86. The zero-order chi connectivity index (χ0) is 22.9. The van der Waals surface area contributed by atoms with E-state index in [-0.39, 0.29) is 5.82 Å². The molecule has 1 N–H and O–H groups in total. The quantitative estimate of drug-likeness (QED) is 0.182. The van der Waals surface area contributed by atoms with Gasteiger partial charge in [0.05, 0.1) is 24.2 Å². The summed E-state index contributed by atoms with van der Waals surface area (Å²) in [7, 11) is 0. The van der Waals surface area contributed by atoms with Gasteiger partial charge in [-0.2, -0.15) is 5.10 Å². The lowest BCUT2D eigenvalue weighted by molar-refractivity contribution is 0.309. The highest BCUT2D eigenvalue weighted by Crippen LogP contribution is 2.25. The number of aromatic nitrogens is 2. The molecule has 0 bridgehead atoms. The molecule has 5 nitrogen and oxygen atoms in total. The van der Waals surface area contributed by atoms with Crippen LogP contribution in [-0.2, 0) is 0 Å². The van der Waals surface area contributed by atoms with Crippen molar-refractivity contribution in [2.75, 3.05) is 12.0 Å². The normalized spacial score (nSPS) is 11.0. The third-order valence-electron chi connectivity index (χ3n) is 4.96. The van der Waals surface area contributed by atoms with Crippen molar-refractivity contribution in [1.29, 1.82) is 0 Å². The van der Waals surface area contributed by atoms with Gasteiger partial charge in [0, 0.05) is 11.1 Å². The summed E-state index contributed by atoms with van der Waals surface area (Å²) >= 11 is 0. The van der Waals surface area contributed by atoms with Gasteiger partial charge < -0.3 is 4.74 Å². The van der Waals surface area contributed by atoms with Crippen LogP contribution in [0.25, 0.3) is 22.5 Å². The number of unbranched alkanes of at least 4 members (excludes halogenated alkanes) is 1. The van der Waals surface area contributed by atoms with E-state index < -0.39 is 0 Å². The Morgan fingerprint density at radius 2 is 1.55 bits per heavy atom. The maximum Gasteiger partial charge on any atom is 0.244 e. The molecule has 0 saturated carbocycles. The van der Waals surface area contributed by atoms with Gasteiger partial charge in [0.1, 0.15) is 11.6 Å². The van der Waals surface area contributed by atoms with Crippen LogP contribution in [0.5, 0.6) is 5.75 Å². The minimum absolute atomic E-state index is 0.291. The molecule has 33 heavy (non-hydrogen) atoms. The molecule has 0 atom stereocenters. The molecule has 0 unspecified atom stereocenters. The molecule has 0 aliphatic heterocycles. The molecule has 0 radical (unpaired) electrons. The van der Waals surface area contributed by atoms with Crippen LogP contribution in [0.4, 0.5) is 10.3 Å². The predicted molar refractivity (Wildman–Crippen MR) is 131 cm³/mol. The van der Waals surface area contributed by atoms with E-state index in [1.807, 2.05) is 60.7 Å². The van der Waals surface area contributed by atoms with Crippen LogP contribution in [0.3, 0.4) is 0 Å². The number of nitrogens with zero attached hydrogens (tertiary/aromatic N) is 3. The number of ether oxygens (including phenoxy) is 1. The van der Waals surface area contributed by atoms with Gasteiger partial charge in [-0.3, -0.25) is 0 Å². The second kappa shape index (κ2) is 11.0. The smallest absolute Gasteiger partial charge is 0.244 e. The SMILES string of the molecule is CCCCOc1ccc(/C=N\Nc2nc(-c3ccccc3)cc(-c3ccc(F)cc3)n2)cc1. The van der Waals surface area contributed by atoms with Crippen molar-refractivity contribution >= 4 is 12.2 Å². The van der Waals surface area contributed by atoms with Gasteiger partial charge in [-0.1, -0.05) is 43.7 Å². The Balaban J connectivity index is 1.54. The zero-order valence-electron chi connectivity index (χ0n) is 18.4. The lowest BCUT2D eigenvalue weighted by atomic mass is 10.1. The Morgan fingerprint density at radius 3 is 2.21 bits per heavy atom. The first-order valence-corrected chi connectivity index (χ1v) is 10.9. The highest BCUT2D eigenvalue weighted by atomic mass is 19.1. The molecule has 1 heterocycles. The van der Waals surface area contributed by atoms with Crippen molar-refractivity contribution in [2.24, 2.45) is 5.10 Å². The average molecular weight is 441 g/mol. The van der Waals surface area contributed by atoms with Crippen LogP contribution < -0.4 is 10.2 Å². The van der Waals surface area contributed by atoms with Crippen LogP contribution in [0, 0.1) is 5.82 Å². The Labute approximate surface area is 193 Å². The molecule has 0 aliphatic carbocycles. The molecule has 0 saturated heterocycles. The molecule has 4 rings (SSSR count). The van der Waals surface area contributed by atoms with Gasteiger partial charge in [-0.15, -0.1) is 0 Å². The van der Waals surface area contributed by atoms with Crippen LogP contribution >= 0.6 is 0 Å². The number of hydrogen-bond donors (Lipinski definition) is 1. The highest BCUT2D eigenvalue weighted by Gasteiger charge is 2.08. The Hall–Kier alpha value is -4.06. The summed E-state index contributed by atoms with van der Waals surface area (Å²) in [6.07, 6.45) is 3.84. The zero-order valence-corrected chi connectivity index (χ0v) is 18.4. The number of rotatable bonds is 9. The molecule has 1 aromatic heterocycles. The molecule has 0 amide bonds. The van der Waals surface area contributed by atoms with E-state index in [2.05, 4.69) is 27.4 Å². The minimum Gasteiger partial charge on any atom is -0.494 e. The molecule has 3 aromatic carbocycles. The molecular weight excluding hydrogens is 415 g/mol. The van der Waals surface area contributed by atoms with Gasteiger partial charge in [0.15, 0.2) is 0 Å². The fraction of sp³-hybridized carbons (Fsp3) is 0.148. The molecule has 6 heteroatoms. The minimum atomic E-state index is -0.291. The van der Waals surface area contributed by atoms with Gasteiger partial charge in [-0.05, 0) is 66.6 Å². The molecule has 166 valence electrons. The monoisotopic (exact) mass is 440 g/mol. The number of hydrogen-bond acceptors (Lipinski definition) is 5. The van der Waals surface area contributed by atoms with Gasteiger partial charge in [0.25, 0.3) is 0 Å². The Morgan fingerprint density at radius 1 is 0.879 bits per heavy atom. The van der Waals surface area contributed by atoms with E-state index in [0.29, 0.717) is 11.6 Å². The lowest BCUT2D eigenvalue weighted by Crippen LogP contribution is -2.00.